The molecule has 2 aromatic rings. The fraction of sp³-hybridized carbons (Fsp3) is 0.200. The molecule has 0 saturated heterocycles. The van der Waals surface area contributed by atoms with E-state index in [4.69, 9.17) is 4.74 Å². The van der Waals surface area contributed by atoms with Gasteiger partial charge in [-0.05, 0) is 49.2 Å². The Morgan fingerprint density at radius 3 is 2.04 bits per heavy atom. The van der Waals surface area contributed by atoms with Gasteiger partial charge in [0.25, 0.3) is 0 Å². The van der Waals surface area contributed by atoms with Gasteiger partial charge in [-0.15, -0.1) is 0 Å². The largest absolute Gasteiger partial charge is 0.481 e. The highest BCUT2D eigenvalue weighted by Gasteiger charge is 2.34. The highest BCUT2D eigenvalue weighted by molar-refractivity contribution is 6.00. The molecule has 0 spiro atoms. The first-order valence-electron chi connectivity index (χ1n) is 7.90. The topological polar surface area (TPSA) is 63.6 Å². The zero-order valence-corrected chi connectivity index (χ0v) is 13.1. The molecular weight excluding hydrogens is 304 g/mol. The molecule has 2 atom stereocenters. The highest BCUT2D eigenvalue weighted by atomic mass is 16.5. The molecule has 0 radical (unpaired) electrons. The molecule has 0 amide bonds. The molecule has 2 unspecified atom stereocenters. The van der Waals surface area contributed by atoms with Crippen molar-refractivity contribution in [2.75, 3.05) is 0 Å². The van der Waals surface area contributed by atoms with Crippen LogP contribution in [0.1, 0.15) is 23.2 Å². The molecule has 1 aliphatic rings. The maximum atomic E-state index is 12.6. The minimum atomic E-state index is -0.915. The summed E-state index contributed by atoms with van der Waals surface area (Å²) in [5.41, 5.74) is 0.516. The number of hydrogen-bond donors (Lipinski definition) is 1. The van der Waals surface area contributed by atoms with Crippen molar-refractivity contribution in [1.82, 2.24) is 0 Å². The Morgan fingerprint density at radius 1 is 0.833 bits per heavy atom. The van der Waals surface area contributed by atoms with Crippen LogP contribution in [0.25, 0.3) is 0 Å². The number of carbonyl (C=O) groups excluding carboxylic acids is 1. The summed E-state index contributed by atoms with van der Waals surface area (Å²) in [6.07, 6.45) is 4.59. The van der Waals surface area contributed by atoms with Crippen molar-refractivity contribution < 1.29 is 19.4 Å². The second-order valence-electron chi connectivity index (χ2n) is 5.80. The molecule has 4 nitrogen and oxygen atoms in total. The van der Waals surface area contributed by atoms with Crippen LogP contribution in [0.15, 0.2) is 66.7 Å². The first-order valence-corrected chi connectivity index (χ1v) is 7.90. The molecule has 0 aromatic heterocycles. The van der Waals surface area contributed by atoms with Gasteiger partial charge in [0.2, 0.25) is 0 Å². The Balaban J connectivity index is 1.74. The van der Waals surface area contributed by atoms with Crippen molar-refractivity contribution in [3.05, 3.63) is 72.3 Å². The first-order chi connectivity index (χ1) is 11.6. The third-order valence-corrected chi connectivity index (χ3v) is 4.20. The Bertz CT molecular complexity index is 747. The fourth-order valence-electron chi connectivity index (χ4n) is 2.90. The van der Waals surface area contributed by atoms with Crippen molar-refractivity contribution in [2.24, 2.45) is 11.8 Å². The standard InChI is InChI=1S/C20H18O4/c21-19(17-8-4-5-9-18(17)20(22)23)14-10-12-16(13-11-14)24-15-6-2-1-3-7-15/h1-7,10-13,17-18H,8-9H2,(H,22,23). The van der Waals surface area contributed by atoms with Crippen molar-refractivity contribution >= 4 is 11.8 Å². The smallest absolute Gasteiger partial charge is 0.307 e. The summed E-state index contributed by atoms with van der Waals surface area (Å²) in [7, 11) is 0. The number of carboxylic acids is 1. The molecule has 0 saturated carbocycles. The molecule has 0 aliphatic heterocycles. The van der Waals surface area contributed by atoms with Gasteiger partial charge in [0.05, 0.1) is 5.92 Å². The zero-order chi connectivity index (χ0) is 16.9. The molecule has 1 N–H and O–H groups in total. The highest BCUT2D eigenvalue weighted by Crippen LogP contribution is 2.30. The third-order valence-electron chi connectivity index (χ3n) is 4.20. The lowest BCUT2D eigenvalue weighted by atomic mass is 9.78. The Morgan fingerprint density at radius 2 is 1.42 bits per heavy atom. The maximum Gasteiger partial charge on any atom is 0.307 e. The van der Waals surface area contributed by atoms with Gasteiger partial charge in [0.1, 0.15) is 11.5 Å². The fourth-order valence-corrected chi connectivity index (χ4v) is 2.90. The SMILES string of the molecule is O=C(O)C1CC=CCC1C(=O)c1ccc(Oc2ccccc2)cc1. The average Bonchev–Trinajstić information content (AvgIpc) is 2.62. The second kappa shape index (κ2) is 7.13. The third kappa shape index (κ3) is 3.54. The predicted octanol–water partition coefficient (Wildman–Crippen LogP) is 4.33. The normalized spacial score (nSPS) is 19.7. The number of carboxylic acid groups (broad SMARTS) is 1. The molecule has 4 heteroatoms. The minimum Gasteiger partial charge on any atom is -0.481 e. The van der Waals surface area contributed by atoms with Crippen LogP contribution in [0, 0.1) is 11.8 Å². The van der Waals surface area contributed by atoms with E-state index in [1.165, 1.54) is 0 Å². The lowest BCUT2D eigenvalue weighted by Gasteiger charge is -2.24. The van der Waals surface area contributed by atoms with Gasteiger partial charge in [0.15, 0.2) is 5.78 Å². The van der Waals surface area contributed by atoms with Crippen molar-refractivity contribution in [3.63, 3.8) is 0 Å². The number of para-hydroxylation sites is 1. The second-order valence-corrected chi connectivity index (χ2v) is 5.80. The average molecular weight is 322 g/mol. The van der Waals surface area contributed by atoms with E-state index in [1.807, 2.05) is 42.5 Å². The zero-order valence-electron chi connectivity index (χ0n) is 13.1. The predicted molar refractivity (Wildman–Crippen MR) is 90.3 cm³/mol. The van der Waals surface area contributed by atoms with Gasteiger partial charge in [-0.3, -0.25) is 9.59 Å². The van der Waals surface area contributed by atoms with E-state index in [0.29, 0.717) is 24.2 Å². The van der Waals surface area contributed by atoms with Crippen LogP contribution in [-0.2, 0) is 4.79 Å². The van der Waals surface area contributed by atoms with Gasteiger partial charge in [-0.1, -0.05) is 30.4 Å². The Hall–Kier alpha value is -2.88. The van der Waals surface area contributed by atoms with E-state index in [0.717, 1.165) is 5.75 Å². The van der Waals surface area contributed by atoms with Crippen LogP contribution in [0.5, 0.6) is 11.5 Å². The summed E-state index contributed by atoms with van der Waals surface area (Å²) in [6.45, 7) is 0. The van der Waals surface area contributed by atoms with Crippen LogP contribution in [0.2, 0.25) is 0 Å². The van der Waals surface area contributed by atoms with Crippen LogP contribution in [0.4, 0.5) is 0 Å². The molecule has 2 aromatic carbocycles. The summed E-state index contributed by atoms with van der Waals surface area (Å²) in [4.78, 5) is 24.0. The molecule has 0 heterocycles. The first kappa shape index (κ1) is 16.0. The number of ketones is 1. The molecular formula is C20H18O4. The number of hydrogen-bond acceptors (Lipinski definition) is 3. The number of rotatable bonds is 5. The number of Topliss-reactive ketones (excluding diaryl/α,β-unsaturated/α-hetero) is 1. The van der Waals surface area contributed by atoms with E-state index in [-0.39, 0.29) is 5.78 Å². The van der Waals surface area contributed by atoms with E-state index in [1.54, 1.807) is 24.3 Å². The van der Waals surface area contributed by atoms with Crippen LogP contribution < -0.4 is 4.74 Å². The summed E-state index contributed by atoms with van der Waals surface area (Å²) >= 11 is 0. The summed E-state index contributed by atoms with van der Waals surface area (Å²) in [6, 6.07) is 16.2. The van der Waals surface area contributed by atoms with Crippen molar-refractivity contribution in [2.45, 2.75) is 12.8 Å². The van der Waals surface area contributed by atoms with Crippen LogP contribution in [0.3, 0.4) is 0 Å². The summed E-state index contributed by atoms with van der Waals surface area (Å²) in [5, 5.41) is 9.31. The minimum absolute atomic E-state index is 0.127. The van der Waals surface area contributed by atoms with Crippen LogP contribution in [-0.4, -0.2) is 16.9 Å². The number of benzene rings is 2. The van der Waals surface area contributed by atoms with E-state index >= 15 is 0 Å². The molecule has 24 heavy (non-hydrogen) atoms. The monoisotopic (exact) mass is 322 g/mol. The number of ether oxygens (including phenoxy) is 1. The summed E-state index contributed by atoms with van der Waals surface area (Å²) in [5.74, 6) is -0.841. The van der Waals surface area contributed by atoms with E-state index in [9.17, 15) is 14.7 Å². The Kier molecular flexibility index (Phi) is 4.75. The van der Waals surface area contributed by atoms with Gasteiger partial charge in [-0.25, -0.2) is 0 Å². The molecule has 3 rings (SSSR count). The summed E-state index contributed by atoms with van der Waals surface area (Å²) < 4.78 is 5.70. The number of allylic oxidation sites excluding steroid dienone is 2. The van der Waals surface area contributed by atoms with Crippen molar-refractivity contribution in [3.8, 4) is 11.5 Å². The lowest BCUT2D eigenvalue weighted by molar-refractivity contribution is -0.143. The Labute approximate surface area is 140 Å². The van der Waals surface area contributed by atoms with Gasteiger partial charge in [-0.2, -0.15) is 0 Å². The quantitative estimate of drug-likeness (QED) is 0.657. The van der Waals surface area contributed by atoms with E-state index < -0.39 is 17.8 Å². The number of aliphatic carboxylic acids is 1. The van der Waals surface area contributed by atoms with Crippen LogP contribution >= 0.6 is 0 Å². The van der Waals surface area contributed by atoms with Gasteiger partial charge in [0, 0.05) is 11.5 Å². The maximum absolute atomic E-state index is 12.6. The van der Waals surface area contributed by atoms with Gasteiger partial charge >= 0.3 is 5.97 Å². The van der Waals surface area contributed by atoms with E-state index in [2.05, 4.69) is 0 Å². The van der Waals surface area contributed by atoms with Crippen molar-refractivity contribution in [1.29, 1.82) is 0 Å². The molecule has 0 fully saturated rings. The molecule has 0 bridgehead atoms. The molecule has 122 valence electrons. The lowest BCUT2D eigenvalue weighted by Crippen LogP contribution is -2.31. The van der Waals surface area contributed by atoms with Gasteiger partial charge < -0.3 is 9.84 Å². The molecule has 1 aliphatic carbocycles. The number of carbonyl (C=O) groups is 2.